The molecule has 0 saturated heterocycles. The van der Waals surface area contributed by atoms with E-state index in [4.69, 9.17) is 9.47 Å². The molecule has 0 aliphatic rings. The summed E-state index contributed by atoms with van der Waals surface area (Å²) >= 11 is 0. The summed E-state index contributed by atoms with van der Waals surface area (Å²) in [4.78, 5) is 25.0. The number of sulfonamides is 1. The van der Waals surface area contributed by atoms with E-state index in [1.165, 1.54) is 13.2 Å². The van der Waals surface area contributed by atoms with Gasteiger partial charge in [0, 0.05) is 5.69 Å². The van der Waals surface area contributed by atoms with Gasteiger partial charge in [-0.1, -0.05) is 37.6 Å². The van der Waals surface area contributed by atoms with Crippen LogP contribution in [-0.4, -0.2) is 40.6 Å². The van der Waals surface area contributed by atoms with E-state index in [1.807, 2.05) is 6.92 Å². The van der Waals surface area contributed by atoms with E-state index in [1.54, 1.807) is 73.7 Å². The Balaban J connectivity index is 1.82. The van der Waals surface area contributed by atoms with Crippen LogP contribution in [0.1, 0.15) is 35.7 Å². The maximum atomic E-state index is 13.7. The number of carbonyl (C=O) groups is 2. The minimum absolute atomic E-state index is 0.0346. The third-order valence-electron chi connectivity index (χ3n) is 5.35. The molecule has 0 heterocycles. The van der Waals surface area contributed by atoms with Crippen LogP contribution >= 0.6 is 0 Å². The van der Waals surface area contributed by atoms with E-state index in [-0.39, 0.29) is 10.6 Å². The predicted octanol–water partition coefficient (Wildman–Crippen LogP) is 4.79. The Morgan fingerprint density at radius 3 is 2.31 bits per heavy atom. The number of unbranched alkanes of at least 4 members (excludes halogenated alkanes) is 1. The zero-order valence-electron chi connectivity index (χ0n) is 20.6. The number of para-hydroxylation sites is 1. The van der Waals surface area contributed by atoms with Gasteiger partial charge in [0.05, 0.1) is 25.0 Å². The molecule has 1 amide bonds. The fraction of sp³-hybridized carbons (Fsp3) is 0.259. The summed E-state index contributed by atoms with van der Waals surface area (Å²) < 4.78 is 38.9. The van der Waals surface area contributed by atoms with Crippen LogP contribution in [0.25, 0.3) is 0 Å². The number of nitrogens with zero attached hydrogens (tertiary/aromatic N) is 1. The summed E-state index contributed by atoms with van der Waals surface area (Å²) in [7, 11) is -2.75. The highest BCUT2D eigenvalue weighted by atomic mass is 32.2. The molecule has 0 aliphatic heterocycles. The fourth-order valence-corrected chi connectivity index (χ4v) is 5.09. The molecule has 3 aromatic rings. The summed E-state index contributed by atoms with van der Waals surface area (Å²) in [5.74, 6) is -0.801. The molecule has 0 atom stereocenters. The Bertz CT molecular complexity index is 1290. The number of amides is 1. The average Bonchev–Trinajstić information content (AvgIpc) is 2.88. The van der Waals surface area contributed by atoms with Crippen molar-refractivity contribution in [1.29, 1.82) is 0 Å². The maximum absolute atomic E-state index is 13.7. The number of methoxy groups -OCH3 is 1. The van der Waals surface area contributed by atoms with Gasteiger partial charge in [-0.3, -0.25) is 9.10 Å². The van der Waals surface area contributed by atoms with Gasteiger partial charge in [0.2, 0.25) is 5.91 Å². The van der Waals surface area contributed by atoms with Crippen LogP contribution in [0.15, 0.2) is 77.7 Å². The van der Waals surface area contributed by atoms with Crippen LogP contribution in [0.5, 0.6) is 5.75 Å². The second-order valence-electron chi connectivity index (χ2n) is 8.12. The minimum atomic E-state index is -4.15. The van der Waals surface area contributed by atoms with E-state index >= 15 is 0 Å². The number of aryl methyl sites for hydroxylation is 1. The summed E-state index contributed by atoms with van der Waals surface area (Å²) in [6, 6.07) is 19.5. The molecule has 190 valence electrons. The normalized spacial score (nSPS) is 11.0. The molecule has 0 aliphatic carbocycles. The van der Waals surface area contributed by atoms with Crippen molar-refractivity contribution in [2.24, 2.45) is 0 Å². The zero-order valence-corrected chi connectivity index (χ0v) is 21.4. The van der Waals surface area contributed by atoms with Crippen LogP contribution in [0.2, 0.25) is 0 Å². The van der Waals surface area contributed by atoms with Crippen molar-refractivity contribution < 1.29 is 27.5 Å². The van der Waals surface area contributed by atoms with Crippen molar-refractivity contribution in [2.75, 3.05) is 29.9 Å². The highest BCUT2D eigenvalue weighted by Crippen LogP contribution is 2.30. The van der Waals surface area contributed by atoms with Crippen LogP contribution < -0.4 is 14.4 Å². The number of nitrogens with one attached hydrogen (secondary N) is 1. The first-order valence-electron chi connectivity index (χ1n) is 11.6. The van der Waals surface area contributed by atoms with Gasteiger partial charge >= 0.3 is 5.97 Å². The second-order valence-corrected chi connectivity index (χ2v) is 9.95. The largest absolute Gasteiger partial charge is 0.495 e. The predicted molar refractivity (Wildman–Crippen MR) is 139 cm³/mol. The van der Waals surface area contributed by atoms with Gasteiger partial charge in [-0.15, -0.1) is 0 Å². The Morgan fingerprint density at radius 2 is 1.67 bits per heavy atom. The Labute approximate surface area is 211 Å². The molecule has 0 bridgehead atoms. The van der Waals surface area contributed by atoms with Crippen molar-refractivity contribution in [3.05, 3.63) is 83.9 Å². The highest BCUT2D eigenvalue weighted by Gasteiger charge is 2.30. The minimum Gasteiger partial charge on any atom is -0.495 e. The molecule has 0 radical (unpaired) electrons. The Morgan fingerprint density at radius 1 is 0.972 bits per heavy atom. The van der Waals surface area contributed by atoms with Gasteiger partial charge in [-0.2, -0.15) is 0 Å². The molecule has 3 aromatic carbocycles. The molecule has 0 spiro atoms. The monoisotopic (exact) mass is 510 g/mol. The molecule has 9 heteroatoms. The first kappa shape index (κ1) is 26.7. The summed E-state index contributed by atoms with van der Waals surface area (Å²) in [5, 5.41) is 2.70. The molecule has 0 aromatic heterocycles. The summed E-state index contributed by atoms with van der Waals surface area (Å²) in [6.07, 6.45) is 1.71. The van der Waals surface area contributed by atoms with Crippen molar-refractivity contribution in [1.82, 2.24) is 0 Å². The number of hydrogen-bond acceptors (Lipinski definition) is 6. The molecule has 3 rings (SSSR count). The third kappa shape index (κ3) is 6.63. The number of hydrogen-bond donors (Lipinski definition) is 1. The maximum Gasteiger partial charge on any atom is 0.338 e. The number of rotatable bonds is 11. The van der Waals surface area contributed by atoms with E-state index in [9.17, 15) is 18.0 Å². The van der Waals surface area contributed by atoms with E-state index in [0.717, 1.165) is 22.7 Å². The van der Waals surface area contributed by atoms with E-state index < -0.39 is 28.4 Å². The lowest BCUT2D eigenvalue weighted by molar-refractivity contribution is -0.114. The van der Waals surface area contributed by atoms with E-state index in [2.05, 4.69) is 5.32 Å². The second kappa shape index (κ2) is 12.2. The zero-order chi connectivity index (χ0) is 26.1. The van der Waals surface area contributed by atoms with Crippen molar-refractivity contribution in [3.8, 4) is 5.75 Å². The molecule has 36 heavy (non-hydrogen) atoms. The quantitative estimate of drug-likeness (QED) is 0.294. The first-order chi connectivity index (χ1) is 17.3. The van der Waals surface area contributed by atoms with Crippen molar-refractivity contribution in [2.45, 2.75) is 31.6 Å². The van der Waals surface area contributed by atoms with Crippen LogP contribution in [0.4, 0.5) is 11.4 Å². The molecule has 0 unspecified atom stereocenters. The lowest BCUT2D eigenvalue weighted by Crippen LogP contribution is -2.38. The van der Waals surface area contributed by atoms with Crippen LogP contribution in [0.3, 0.4) is 0 Å². The molecular formula is C27H30N2O6S. The number of anilines is 2. The lowest BCUT2D eigenvalue weighted by atomic mass is 10.2. The van der Waals surface area contributed by atoms with Gasteiger partial charge in [0.25, 0.3) is 10.0 Å². The Hall–Kier alpha value is -3.85. The van der Waals surface area contributed by atoms with Gasteiger partial charge in [0.15, 0.2) is 0 Å². The SMILES string of the molecule is CCCCOC(=O)c1ccc(NC(=O)CN(c2ccccc2)S(=O)(=O)c2cc(C)ccc2OC)cc1. The third-order valence-corrected chi connectivity index (χ3v) is 7.15. The summed E-state index contributed by atoms with van der Waals surface area (Å²) in [5.41, 5.74) is 1.86. The Kier molecular flexibility index (Phi) is 9.08. The standard InChI is InChI=1S/C27H30N2O6S/c1-4-5-17-35-27(31)21-12-14-22(15-13-21)28-26(30)19-29(23-9-7-6-8-10-23)36(32,33)25-18-20(2)11-16-24(25)34-3/h6-16,18H,4-5,17,19H2,1-3H3,(H,28,30). The number of esters is 1. The molecule has 0 fully saturated rings. The van der Waals surface area contributed by atoms with Crippen molar-refractivity contribution in [3.63, 3.8) is 0 Å². The van der Waals surface area contributed by atoms with Crippen molar-refractivity contribution >= 4 is 33.3 Å². The fourth-order valence-electron chi connectivity index (χ4n) is 3.43. The highest BCUT2D eigenvalue weighted by molar-refractivity contribution is 7.93. The number of benzene rings is 3. The number of carbonyl (C=O) groups excluding carboxylic acids is 2. The van der Waals surface area contributed by atoms with E-state index in [0.29, 0.717) is 23.5 Å². The topological polar surface area (TPSA) is 102 Å². The summed E-state index contributed by atoms with van der Waals surface area (Å²) in [6.45, 7) is 3.67. The molecule has 8 nitrogen and oxygen atoms in total. The van der Waals surface area contributed by atoms with Gasteiger partial charge < -0.3 is 14.8 Å². The molecule has 0 saturated carbocycles. The van der Waals surface area contributed by atoms with Crippen LogP contribution in [-0.2, 0) is 19.6 Å². The average molecular weight is 511 g/mol. The van der Waals surface area contributed by atoms with Gasteiger partial charge in [0.1, 0.15) is 17.2 Å². The smallest absolute Gasteiger partial charge is 0.338 e. The number of ether oxygens (including phenoxy) is 2. The first-order valence-corrected chi connectivity index (χ1v) is 13.0. The molecular weight excluding hydrogens is 480 g/mol. The van der Waals surface area contributed by atoms with Crippen LogP contribution in [0, 0.1) is 6.92 Å². The molecule has 1 N–H and O–H groups in total. The van der Waals surface area contributed by atoms with Gasteiger partial charge in [-0.25, -0.2) is 13.2 Å². The lowest BCUT2D eigenvalue weighted by Gasteiger charge is -2.25. The van der Waals surface area contributed by atoms with Gasteiger partial charge in [-0.05, 0) is 67.4 Å².